The fourth-order valence-electron chi connectivity index (χ4n) is 2.79. The van der Waals surface area contributed by atoms with Crippen molar-refractivity contribution in [3.8, 4) is 0 Å². The molecule has 1 aliphatic heterocycles. The van der Waals surface area contributed by atoms with Crippen LogP contribution in [0.4, 0.5) is 0 Å². The maximum absolute atomic E-state index is 11.7. The lowest BCUT2D eigenvalue weighted by atomic mass is 10.1. The third kappa shape index (κ3) is 2.80. The van der Waals surface area contributed by atoms with Crippen molar-refractivity contribution in [2.75, 3.05) is 20.1 Å². The predicted molar refractivity (Wildman–Crippen MR) is 82.9 cm³/mol. The Balaban J connectivity index is 1.93. The molecule has 1 N–H and O–H groups in total. The number of hydrogen-bond donors (Lipinski definition) is 1. The molecule has 5 heteroatoms. The molecule has 0 aliphatic carbocycles. The van der Waals surface area contributed by atoms with Gasteiger partial charge in [-0.1, -0.05) is 15.9 Å². The van der Waals surface area contributed by atoms with Gasteiger partial charge in [-0.15, -0.1) is 0 Å². The third-order valence-corrected chi connectivity index (χ3v) is 4.36. The van der Waals surface area contributed by atoms with Gasteiger partial charge in [0.2, 0.25) is 0 Å². The number of nitrogens with zero attached hydrogens (tertiary/aromatic N) is 1. The Morgan fingerprint density at radius 1 is 1.45 bits per heavy atom. The summed E-state index contributed by atoms with van der Waals surface area (Å²) < 4.78 is 6.19. The highest BCUT2D eigenvalue weighted by atomic mass is 79.9. The predicted octanol–water partition coefficient (Wildman–Crippen LogP) is 2.35. The van der Waals surface area contributed by atoms with Crippen molar-refractivity contribution in [1.29, 1.82) is 0 Å². The lowest BCUT2D eigenvalue weighted by Gasteiger charge is -2.16. The summed E-state index contributed by atoms with van der Waals surface area (Å²) in [4.78, 5) is 14.1. The second kappa shape index (κ2) is 5.68. The van der Waals surface area contributed by atoms with Gasteiger partial charge in [-0.25, -0.2) is 4.79 Å². The van der Waals surface area contributed by atoms with E-state index in [4.69, 9.17) is 4.42 Å². The molecule has 4 nitrogen and oxygen atoms in total. The van der Waals surface area contributed by atoms with Crippen molar-refractivity contribution in [3.05, 3.63) is 44.7 Å². The van der Waals surface area contributed by atoms with Gasteiger partial charge in [0.1, 0.15) is 5.58 Å². The summed E-state index contributed by atoms with van der Waals surface area (Å²) in [6.07, 6.45) is 1.15. The Hall–Kier alpha value is -1.17. The molecule has 3 rings (SSSR count). The van der Waals surface area contributed by atoms with Crippen LogP contribution in [0.2, 0.25) is 0 Å². The molecule has 1 fully saturated rings. The fraction of sp³-hybridized carbons (Fsp3) is 0.400. The van der Waals surface area contributed by atoms with Crippen LogP contribution in [0, 0.1) is 0 Å². The van der Waals surface area contributed by atoms with E-state index in [0.717, 1.165) is 41.5 Å². The first-order chi connectivity index (χ1) is 9.65. The Bertz CT molecular complexity index is 683. The quantitative estimate of drug-likeness (QED) is 0.874. The number of nitrogens with one attached hydrogen (secondary N) is 1. The van der Waals surface area contributed by atoms with Gasteiger partial charge >= 0.3 is 5.63 Å². The zero-order valence-electron chi connectivity index (χ0n) is 11.4. The van der Waals surface area contributed by atoms with Crippen LogP contribution in [0.1, 0.15) is 12.0 Å². The minimum atomic E-state index is -0.282. The Morgan fingerprint density at radius 3 is 3.05 bits per heavy atom. The van der Waals surface area contributed by atoms with E-state index in [-0.39, 0.29) is 5.63 Å². The van der Waals surface area contributed by atoms with Crippen LogP contribution in [0.3, 0.4) is 0 Å². The monoisotopic (exact) mass is 336 g/mol. The molecule has 106 valence electrons. The summed E-state index contributed by atoms with van der Waals surface area (Å²) in [5.41, 5.74) is 1.40. The molecule has 0 bridgehead atoms. The van der Waals surface area contributed by atoms with Crippen LogP contribution in [-0.2, 0) is 6.54 Å². The van der Waals surface area contributed by atoms with Crippen LogP contribution in [0.15, 0.2) is 37.9 Å². The van der Waals surface area contributed by atoms with Crippen LogP contribution >= 0.6 is 15.9 Å². The third-order valence-electron chi connectivity index (χ3n) is 3.87. The topological polar surface area (TPSA) is 45.5 Å². The zero-order valence-corrected chi connectivity index (χ0v) is 12.9. The second-order valence-corrected chi connectivity index (χ2v) is 6.16. The highest BCUT2D eigenvalue weighted by Crippen LogP contribution is 2.23. The molecule has 0 saturated carbocycles. The molecule has 2 aromatic rings. The van der Waals surface area contributed by atoms with E-state index < -0.39 is 0 Å². The average Bonchev–Trinajstić information content (AvgIpc) is 2.85. The molecule has 1 aromatic carbocycles. The molecule has 20 heavy (non-hydrogen) atoms. The zero-order chi connectivity index (χ0) is 14.1. The number of likely N-dealkylation sites (tertiary alicyclic amines) is 1. The Morgan fingerprint density at radius 2 is 2.30 bits per heavy atom. The van der Waals surface area contributed by atoms with E-state index in [1.165, 1.54) is 0 Å². The summed E-state index contributed by atoms with van der Waals surface area (Å²) in [7, 11) is 2.00. The number of hydrogen-bond acceptors (Lipinski definition) is 4. The van der Waals surface area contributed by atoms with Crippen molar-refractivity contribution >= 4 is 26.9 Å². The number of rotatable bonds is 3. The SMILES string of the molecule is CNC1CCN(Cc2cc(=O)oc3cc(Br)ccc23)C1. The van der Waals surface area contributed by atoms with Crippen LogP contribution in [0.25, 0.3) is 11.0 Å². The van der Waals surface area contributed by atoms with Crippen molar-refractivity contribution in [3.63, 3.8) is 0 Å². The number of halogens is 1. The normalized spacial score (nSPS) is 19.8. The van der Waals surface area contributed by atoms with Gasteiger partial charge in [0, 0.05) is 41.6 Å². The number of likely N-dealkylation sites (N-methyl/N-ethyl adjacent to an activating group) is 1. The molecule has 1 aliphatic rings. The summed E-state index contributed by atoms with van der Waals surface area (Å²) in [5, 5.41) is 4.32. The molecular formula is C15H17BrN2O2. The Kier molecular flexibility index (Phi) is 3.92. The molecule has 0 spiro atoms. The molecule has 1 atom stereocenters. The van der Waals surface area contributed by atoms with Crippen LogP contribution in [-0.4, -0.2) is 31.1 Å². The van der Waals surface area contributed by atoms with Gasteiger partial charge in [-0.3, -0.25) is 4.90 Å². The van der Waals surface area contributed by atoms with Crippen LogP contribution in [0.5, 0.6) is 0 Å². The minimum absolute atomic E-state index is 0.282. The second-order valence-electron chi connectivity index (χ2n) is 5.24. The summed E-state index contributed by atoms with van der Waals surface area (Å²) in [6.45, 7) is 2.88. The first kappa shape index (κ1) is 13.8. The number of fused-ring (bicyclic) bond motifs is 1. The molecule has 0 radical (unpaired) electrons. The van der Waals surface area contributed by atoms with Gasteiger partial charge in [0.15, 0.2) is 0 Å². The van der Waals surface area contributed by atoms with Crippen molar-refractivity contribution in [2.45, 2.75) is 19.0 Å². The van der Waals surface area contributed by atoms with Gasteiger partial charge < -0.3 is 9.73 Å². The van der Waals surface area contributed by atoms with Gasteiger partial charge in [-0.2, -0.15) is 0 Å². The highest BCUT2D eigenvalue weighted by Gasteiger charge is 2.21. The van der Waals surface area contributed by atoms with E-state index in [0.29, 0.717) is 11.6 Å². The molecule has 1 aromatic heterocycles. The summed E-state index contributed by atoms with van der Waals surface area (Å²) in [6, 6.07) is 7.99. The average molecular weight is 337 g/mol. The smallest absolute Gasteiger partial charge is 0.336 e. The first-order valence-electron chi connectivity index (χ1n) is 6.77. The summed E-state index contributed by atoms with van der Waals surface area (Å²) in [5.74, 6) is 0. The molecule has 2 heterocycles. The van der Waals surface area contributed by atoms with Gasteiger partial charge in [0.05, 0.1) is 0 Å². The van der Waals surface area contributed by atoms with E-state index in [1.807, 2.05) is 25.2 Å². The summed E-state index contributed by atoms with van der Waals surface area (Å²) >= 11 is 3.41. The van der Waals surface area contributed by atoms with E-state index >= 15 is 0 Å². The molecular weight excluding hydrogens is 320 g/mol. The largest absolute Gasteiger partial charge is 0.423 e. The van der Waals surface area contributed by atoms with Gasteiger partial charge in [-0.05, 0) is 37.2 Å². The minimum Gasteiger partial charge on any atom is -0.423 e. The molecule has 1 saturated heterocycles. The van der Waals surface area contributed by atoms with Crippen molar-refractivity contribution in [1.82, 2.24) is 10.2 Å². The lowest BCUT2D eigenvalue weighted by Crippen LogP contribution is -2.29. The maximum Gasteiger partial charge on any atom is 0.336 e. The Labute approximate surface area is 125 Å². The van der Waals surface area contributed by atoms with Crippen LogP contribution < -0.4 is 10.9 Å². The molecule has 0 amide bonds. The van der Waals surface area contributed by atoms with Gasteiger partial charge in [0.25, 0.3) is 0 Å². The fourth-order valence-corrected chi connectivity index (χ4v) is 3.13. The maximum atomic E-state index is 11.7. The van der Waals surface area contributed by atoms with E-state index in [2.05, 4.69) is 26.1 Å². The lowest BCUT2D eigenvalue weighted by molar-refractivity contribution is 0.323. The van der Waals surface area contributed by atoms with E-state index in [9.17, 15) is 4.79 Å². The number of benzene rings is 1. The first-order valence-corrected chi connectivity index (χ1v) is 7.57. The standard InChI is InChI=1S/C15H17BrN2O2/c1-17-12-4-5-18(9-12)8-10-6-15(19)20-14-7-11(16)2-3-13(10)14/h2-3,6-7,12,17H,4-5,8-9H2,1H3. The van der Waals surface area contributed by atoms with Crippen molar-refractivity contribution < 1.29 is 4.42 Å². The van der Waals surface area contributed by atoms with E-state index in [1.54, 1.807) is 6.07 Å². The highest BCUT2D eigenvalue weighted by molar-refractivity contribution is 9.10. The van der Waals surface area contributed by atoms with Crippen molar-refractivity contribution in [2.24, 2.45) is 0 Å². The molecule has 1 unspecified atom stereocenters.